The van der Waals surface area contributed by atoms with E-state index in [-0.39, 0.29) is 18.9 Å². The fourth-order valence-corrected chi connectivity index (χ4v) is 7.19. The van der Waals surface area contributed by atoms with Crippen molar-refractivity contribution in [3.05, 3.63) is 24.3 Å². The largest absolute Gasteiger partial charge is 0.394 e. The van der Waals surface area contributed by atoms with Crippen LogP contribution in [0.3, 0.4) is 0 Å². The second-order valence-corrected chi connectivity index (χ2v) is 15.8. The third-order valence-electron chi connectivity index (χ3n) is 10.9. The second-order valence-electron chi connectivity index (χ2n) is 15.8. The van der Waals surface area contributed by atoms with Crippen molar-refractivity contribution in [2.24, 2.45) is 0 Å². The SMILES string of the molecule is CCCCCCCCCCCCCCC/C=C/CC/C=C/C(O)C(COC1OC(CO)C(OC2OC(CO)C(O)C(O)C2O)C(O)C1O)NC(=O)CCCCCC. The van der Waals surface area contributed by atoms with Crippen molar-refractivity contribution in [1.29, 1.82) is 0 Å². The third kappa shape index (κ3) is 20.1. The zero-order valence-electron chi connectivity index (χ0n) is 34.8. The van der Waals surface area contributed by atoms with Gasteiger partial charge < -0.3 is 65.1 Å². The lowest BCUT2D eigenvalue weighted by atomic mass is 9.97. The second kappa shape index (κ2) is 31.4. The number of hydrogen-bond acceptors (Lipinski definition) is 13. The Morgan fingerprint density at radius 3 is 1.72 bits per heavy atom. The molecule has 0 spiro atoms. The van der Waals surface area contributed by atoms with E-state index in [4.69, 9.17) is 18.9 Å². The van der Waals surface area contributed by atoms with E-state index >= 15 is 0 Å². The number of unbranched alkanes of at least 4 members (excludes halogenated alkanes) is 17. The number of allylic oxidation sites excluding steroid dienone is 3. The number of amides is 1. The van der Waals surface area contributed by atoms with Crippen molar-refractivity contribution >= 4 is 5.91 Å². The van der Waals surface area contributed by atoms with Gasteiger partial charge in [0.05, 0.1) is 32.0 Å². The van der Waals surface area contributed by atoms with Crippen molar-refractivity contribution in [2.75, 3.05) is 19.8 Å². The summed E-state index contributed by atoms with van der Waals surface area (Å²) in [6.45, 7) is 2.60. The predicted molar refractivity (Wildman–Crippen MR) is 217 cm³/mol. The highest BCUT2D eigenvalue weighted by Gasteiger charge is 2.50. The molecule has 57 heavy (non-hydrogen) atoms. The normalized spacial score (nSPS) is 29.3. The van der Waals surface area contributed by atoms with Crippen LogP contribution in [0.25, 0.3) is 0 Å². The van der Waals surface area contributed by atoms with Gasteiger partial charge in [0.25, 0.3) is 0 Å². The van der Waals surface area contributed by atoms with Crippen LogP contribution >= 0.6 is 0 Å². The highest BCUT2D eigenvalue weighted by atomic mass is 16.7. The topological polar surface area (TPSA) is 228 Å². The summed E-state index contributed by atoms with van der Waals surface area (Å²) in [5.74, 6) is -0.269. The van der Waals surface area contributed by atoms with Crippen molar-refractivity contribution in [1.82, 2.24) is 5.32 Å². The Morgan fingerprint density at radius 2 is 1.12 bits per heavy atom. The van der Waals surface area contributed by atoms with E-state index in [1.165, 1.54) is 83.5 Å². The molecule has 0 radical (unpaired) electrons. The summed E-state index contributed by atoms with van der Waals surface area (Å²) in [5.41, 5.74) is 0. The van der Waals surface area contributed by atoms with Gasteiger partial charge in [-0.3, -0.25) is 4.79 Å². The molecular weight excluding hydrogens is 738 g/mol. The summed E-state index contributed by atoms with van der Waals surface area (Å²) in [6, 6.07) is -0.922. The lowest BCUT2D eigenvalue weighted by Crippen LogP contribution is -2.65. The van der Waals surface area contributed by atoms with E-state index in [9.17, 15) is 45.6 Å². The quantitative estimate of drug-likeness (QED) is 0.0348. The molecule has 334 valence electrons. The zero-order chi connectivity index (χ0) is 41.8. The number of carbonyl (C=O) groups is 1. The Kier molecular flexibility index (Phi) is 28.4. The highest BCUT2D eigenvalue weighted by molar-refractivity contribution is 5.76. The summed E-state index contributed by atoms with van der Waals surface area (Å²) in [4.78, 5) is 12.8. The van der Waals surface area contributed by atoms with E-state index in [1.54, 1.807) is 6.08 Å². The van der Waals surface area contributed by atoms with E-state index < -0.39 is 86.8 Å². The standard InChI is InChI=1S/C43H79NO13/c1-3-5-7-9-10-11-12-13-14-15-16-17-18-19-20-21-22-23-24-26-32(47)31(44-35(48)27-25-8-6-4-2)30-54-42-40(53)38(51)41(34(29-46)56-42)57-43-39(52)37(50)36(49)33(28-45)55-43/h20-21,24,26,31-34,36-43,45-47,49-53H,3-19,22-23,25,27-30H2,1-2H3,(H,44,48)/b21-20+,26-24+. The van der Waals surface area contributed by atoms with Crippen molar-refractivity contribution in [3.8, 4) is 0 Å². The molecule has 12 atom stereocenters. The maximum absolute atomic E-state index is 12.8. The van der Waals surface area contributed by atoms with Crippen LogP contribution in [0.4, 0.5) is 0 Å². The van der Waals surface area contributed by atoms with Crippen LogP contribution in [0, 0.1) is 0 Å². The molecule has 2 aliphatic rings. The van der Waals surface area contributed by atoms with Gasteiger partial charge in [0.1, 0.15) is 48.8 Å². The number of nitrogens with one attached hydrogen (secondary N) is 1. The molecule has 2 rings (SSSR count). The lowest BCUT2D eigenvalue weighted by Gasteiger charge is -2.46. The molecule has 2 aliphatic heterocycles. The number of ether oxygens (including phenoxy) is 4. The molecule has 0 aromatic rings. The maximum Gasteiger partial charge on any atom is 0.220 e. The first-order valence-electron chi connectivity index (χ1n) is 22.1. The third-order valence-corrected chi connectivity index (χ3v) is 10.9. The molecule has 2 fully saturated rings. The predicted octanol–water partition coefficient (Wildman–Crippen LogP) is 3.82. The molecule has 2 heterocycles. The number of carbonyl (C=O) groups excluding carboxylic acids is 1. The highest BCUT2D eigenvalue weighted by Crippen LogP contribution is 2.30. The molecule has 12 unspecified atom stereocenters. The van der Waals surface area contributed by atoms with E-state index in [1.807, 2.05) is 6.08 Å². The molecule has 9 N–H and O–H groups in total. The average molecular weight is 818 g/mol. The number of hydrogen-bond donors (Lipinski definition) is 9. The first kappa shape index (κ1) is 51.6. The number of aliphatic hydroxyl groups excluding tert-OH is 8. The Bertz CT molecular complexity index is 1060. The number of aliphatic hydroxyl groups is 8. The first-order chi connectivity index (χ1) is 27.6. The molecule has 14 heteroatoms. The van der Waals surface area contributed by atoms with Crippen molar-refractivity contribution in [3.63, 3.8) is 0 Å². The molecule has 2 saturated heterocycles. The minimum atomic E-state index is -1.79. The zero-order valence-corrected chi connectivity index (χ0v) is 34.8. The van der Waals surface area contributed by atoms with Gasteiger partial charge >= 0.3 is 0 Å². The monoisotopic (exact) mass is 818 g/mol. The van der Waals surface area contributed by atoms with Crippen LogP contribution in [0.5, 0.6) is 0 Å². The van der Waals surface area contributed by atoms with Gasteiger partial charge in [-0.25, -0.2) is 0 Å². The van der Waals surface area contributed by atoms with Crippen molar-refractivity contribution in [2.45, 2.75) is 222 Å². The van der Waals surface area contributed by atoms with Gasteiger partial charge in [-0.15, -0.1) is 0 Å². The Hall–Kier alpha value is -1.53. The lowest BCUT2D eigenvalue weighted by molar-refractivity contribution is -0.359. The average Bonchev–Trinajstić information content (AvgIpc) is 3.21. The maximum atomic E-state index is 12.8. The Labute approximate surface area is 341 Å². The summed E-state index contributed by atoms with van der Waals surface area (Å²) in [6.07, 6.45) is 14.5. The Morgan fingerprint density at radius 1 is 0.614 bits per heavy atom. The summed E-state index contributed by atoms with van der Waals surface area (Å²) in [7, 11) is 0. The molecule has 0 aromatic carbocycles. The van der Waals surface area contributed by atoms with Gasteiger partial charge in [0.2, 0.25) is 5.91 Å². The van der Waals surface area contributed by atoms with Crippen LogP contribution in [0.2, 0.25) is 0 Å². The van der Waals surface area contributed by atoms with Gasteiger partial charge in [0.15, 0.2) is 12.6 Å². The van der Waals surface area contributed by atoms with Gasteiger partial charge in [-0.1, -0.05) is 134 Å². The molecular formula is C43H79NO13. The minimum Gasteiger partial charge on any atom is -0.394 e. The smallest absolute Gasteiger partial charge is 0.220 e. The molecule has 0 aromatic heterocycles. The van der Waals surface area contributed by atoms with E-state index in [0.717, 1.165) is 32.1 Å². The molecule has 14 nitrogen and oxygen atoms in total. The van der Waals surface area contributed by atoms with Crippen LogP contribution in [-0.2, 0) is 23.7 Å². The fraction of sp³-hybridized carbons (Fsp3) is 0.884. The fourth-order valence-electron chi connectivity index (χ4n) is 7.19. The first-order valence-corrected chi connectivity index (χ1v) is 22.1. The number of rotatable bonds is 32. The van der Waals surface area contributed by atoms with Crippen LogP contribution in [-0.4, -0.2) is 140 Å². The van der Waals surface area contributed by atoms with E-state index in [0.29, 0.717) is 12.8 Å². The van der Waals surface area contributed by atoms with Crippen LogP contribution in [0.15, 0.2) is 24.3 Å². The summed E-state index contributed by atoms with van der Waals surface area (Å²) >= 11 is 0. The van der Waals surface area contributed by atoms with E-state index in [2.05, 4.69) is 31.3 Å². The van der Waals surface area contributed by atoms with Gasteiger partial charge in [-0.2, -0.15) is 0 Å². The Balaban J connectivity index is 1.82. The van der Waals surface area contributed by atoms with Crippen LogP contribution in [0.1, 0.15) is 149 Å². The molecule has 0 aliphatic carbocycles. The summed E-state index contributed by atoms with van der Waals surface area (Å²) < 4.78 is 22.5. The molecule has 0 saturated carbocycles. The molecule has 0 bridgehead atoms. The van der Waals surface area contributed by atoms with Gasteiger partial charge in [0, 0.05) is 6.42 Å². The summed E-state index contributed by atoms with van der Waals surface area (Å²) in [5, 5.41) is 85.9. The molecule has 1 amide bonds. The van der Waals surface area contributed by atoms with Gasteiger partial charge in [-0.05, 0) is 32.1 Å². The minimum absolute atomic E-state index is 0.266. The van der Waals surface area contributed by atoms with Crippen LogP contribution < -0.4 is 5.32 Å². The van der Waals surface area contributed by atoms with Crippen molar-refractivity contribution < 1.29 is 64.6 Å².